The predicted molar refractivity (Wildman–Crippen MR) is 81.4 cm³/mol. The van der Waals surface area contributed by atoms with Crippen LogP contribution < -0.4 is 4.72 Å². The standard InChI is InChI=1S/C14H14N2O3S2/c17-9-1-2-12-3-5-14(6-4-12)21(18,19)16-8-7-13-10-20-11-15-13/h3-6,10-11,16-17H,7-9H2. The van der Waals surface area contributed by atoms with E-state index in [0.717, 1.165) is 5.69 Å². The summed E-state index contributed by atoms with van der Waals surface area (Å²) in [5.74, 6) is 5.22. The topological polar surface area (TPSA) is 79.3 Å². The highest BCUT2D eigenvalue weighted by Gasteiger charge is 2.13. The van der Waals surface area contributed by atoms with E-state index in [-0.39, 0.29) is 11.5 Å². The number of aliphatic hydroxyl groups excluding tert-OH is 1. The van der Waals surface area contributed by atoms with Crippen LogP contribution in [0.15, 0.2) is 40.1 Å². The molecule has 0 atom stereocenters. The van der Waals surface area contributed by atoms with Crippen LogP contribution in [0, 0.1) is 11.8 Å². The SMILES string of the molecule is O=S(=O)(NCCc1cscn1)c1ccc(C#CCO)cc1. The molecule has 0 spiro atoms. The van der Waals surface area contributed by atoms with Crippen LogP contribution >= 0.6 is 11.3 Å². The van der Waals surface area contributed by atoms with Crippen molar-refractivity contribution in [3.05, 3.63) is 46.4 Å². The molecule has 5 nitrogen and oxygen atoms in total. The fourth-order valence-electron chi connectivity index (χ4n) is 1.62. The van der Waals surface area contributed by atoms with Crippen LogP contribution in [-0.4, -0.2) is 31.7 Å². The van der Waals surface area contributed by atoms with Crippen LogP contribution in [0.1, 0.15) is 11.3 Å². The summed E-state index contributed by atoms with van der Waals surface area (Å²) in [5.41, 5.74) is 3.25. The van der Waals surface area contributed by atoms with Crippen molar-refractivity contribution in [1.82, 2.24) is 9.71 Å². The molecule has 110 valence electrons. The third kappa shape index (κ3) is 4.65. The van der Waals surface area contributed by atoms with Gasteiger partial charge in [-0.3, -0.25) is 0 Å². The Bertz CT molecular complexity index is 727. The van der Waals surface area contributed by atoms with Gasteiger partial charge in [-0.05, 0) is 24.3 Å². The fraction of sp³-hybridized carbons (Fsp3) is 0.214. The van der Waals surface area contributed by atoms with Crippen molar-refractivity contribution in [2.45, 2.75) is 11.3 Å². The van der Waals surface area contributed by atoms with Crippen molar-refractivity contribution in [3.8, 4) is 11.8 Å². The van der Waals surface area contributed by atoms with E-state index in [1.54, 1.807) is 17.6 Å². The molecule has 0 aliphatic rings. The van der Waals surface area contributed by atoms with Gasteiger partial charge in [0.1, 0.15) is 6.61 Å². The second kappa shape index (κ2) is 7.33. The highest BCUT2D eigenvalue weighted by atomic mass is 32.2. The van der Waals surface area contributed by atoms with Crippen molar-refractivity contribution >= 4 is 21.4 Å². The third-order valence-electron chi connectivity index (χ3n) is 2.63. The zero-order chi connectivity index (χ0) is 15.1. The number of nitrogens with one attached hydrogen (secondary N) is 1. The Morgan fingerprint density at radius 3 is 2.67 bits per heavy atom. The van der Waals surface area contributed by atoms with Crippen LogP contribution in [0.5, 0.6) is 0 Å². The number of aromatic nitrogens is 1. The summed E-state index contributed by atoms with van der Waals surface area (Å²) < 4.78 is 26.7. The highest BCUT2D eigenvalue weighted by molar-refractivity contribution is 7.89. The van der Waals surface area contributed by atoms with Gasteiger partial charge in [0.2, 0.25) is 10.0 Å². The van der Waals surface area contributed by atoms with Gasteiger partial charge in [0.25, 0.3) is 0 Å². The Balaban J connectivity index is 1.98. The van der Waals surface area contributed by atoms with E-state index in [4.69, 9.17) is 5.11 Å². The Hall–Kier alpha value is -1.72. The number of hydrogen-bond donors (Lipinski definition) is 2. The lowest BCUT2D eigenvalue weighted by Gasteiger charge is -2.06. The molecular formula is C14H14N2O3S2. The smallest absolute Gasteiger partial charge is 0.240 e. The summed E-state index contributed by atoms with van der Waals surface area (Å²) in [6, 6.07) is 6.20. The first-order valence-electron chi connectivity index (χ1n) is 6.18. The molecule has 0 saturated heterocycles. The average Bonchev–Trinajstić information content (AvgIpc) is 2.98. The first-order chi connectivity index (χ1) is 10.1. The van der Waals surface area contributed by atoms with E-state index >= 15 is 0 Å². The summed E-state index contributed by atoms with van der Waals surface area (Å²) in [6.45, 7) is 0.0797. The minimum Gasteiger partial charge on any atom is -0.384 e. The summed E-state index contributed by atoms with van der Waals surface area (Å²) in [7, 11) is -3.52. The van der Waals surface area contributed by atoms with Gasteiger partial charge in [-0.1, -0.05) is 11.8 Å². The first-order valence-corrected chi connectivity index (χ1v) is 8.61. The van der Waals surface area contributed by atoms with Crippen molar-refractivity contribution in [1.29, 1.82) is 0 Å². The van der Waals surface area contributed by atoms with Crippen molar-refractivity contribution in [2.75, 3.05) is 13.2 Å². The first kappa shape index (κ1) is 15.7. The second-order valence-electron chi connectivity index (χ2n) is 4.11. The zero-order valence-corrected chi connectivity index (χ0v) is 12.7. The molecule has 2 N–H and O–H groups in total. The maximum Gasteiger partial charge on any atom is 0.240 e. The highest BCUT2D eigenvalue weighted by Crippen LogP contribution is 2.10. The maximum absolute atomic E-state index is 12.1. The summed E-state index contributed by atoms with van der Waals surface area (Å²) >= 11 is 1.48. The van der Waals surface area contributed by atoms with Gasteiger partial charge >= 0.3 is 0 Å². The van der Waals surface area contributed by atoms with Crippen LogP contribution in [0.2, 0.25) is 0 Å². The Morgan fingerprint density at radius 1 is 1.29 bits per heavy atom. The van der Waals surface area contributed by atoms with Gasteiger partial charge < -0.3 is 5.11 Å². The quantitative estimate of drug-likeness (QED) is 0.805. The molecule has 0 radical (unpaired) electrons. The normalized spacial score (nSPS) is 10.9. The van der Waals surface area contributed by atoms with Gasteiger partial charge in [-0.15, -0.1) is 11.3 Å². The number of sulfonamides is 1. The minimum absolute atomic E-state index is 0.190. The van der Waals surface area contributed by atoms with E-state index in [1.807, 2.05) is 5.38 Å². The molecule has 0 bridgehead atoms. The number of aliphatic hydroxyl groups is 1. The number of benzene rings is 1. The molecule has 0 amide bonds. The Morgan fingerprint density at radius 2 is 2.05 bits per heavy atom. The maximum atomic E-state index is 12.1. The lowest BCUT2D eigenvalue weighted by Crippen LogP contribution is -2.26. The lowest BCUT2D eigenvalue weighted by atomic mass is 10.2. The van der Waals surface area contributed by atoms with Gasteiger partial charge in [-0.25, -0.2) is 18.1 Å². The molecule has 0 aliphatic heterocycles. The van der Waals surface area contributed by atoms with Crippen LogP contribution in [0.25, 0.3) is 0 Å². The van der Waals surface area contributed by atoms with Crippen molar-refractivity contribution in [3.63, 3.8) is 0 Å². The average molecular weight is 322 g/mol. The van der Waals surface area contributed by atoms with Crippen molar-refractivity contribution in [2.24, 2.45) is 0 Å². The molecule has 2 aromatic rings. The fourth-order valence-corrected chi connectivity index (χ4v) is 3.24. The molecule has 0 saturated carbocycles. The largest absolute Gasteiger partial charge is 0.384 e. The van der Waals surface area contributed by atoms with Gasteiger partial charge in [-0.2, -0.15) is 0 Å². The Labute approximate surface area is 127 Å². The summed E-state index contributed by atoms with van der Waals surface area (Å²) in [4.78, 5) is 4.29. The Kier molecular flexibility index (Phi) is 5.47. The molecule has 1 aromatic carbocycles. The van der Waals surface area contributed by atoms with E-state index in [2.05, 4.69) is 21.5 Å². The molecule has 2 rings (SSSR count). The summed E-state index contributed by atoms with van der Waals surface area (Å²) in [5, 5.41) is 10.5. The molecule has 1 heterocycles. The second-order valence-corrected chi connectivity index (χ2v) is 6.60. The molecule has 0 aliphatic carbocycles. The van der Waals surface area contributed by atoms with Crippen LogP contribution in [0.3, 0.4) is 0 Å². The monoisotopic (exact) mass is 322 g/mol. The molecule has 0 unspecified atom stereocenters. The molecule has 7 heteroatoms. The third-order valence-corrected chi connectivity index (χ3v) is 4.75. The van der Waals surface area contributed by atoms with Crippen molar-refractivity contribution < 1.29 is 13.5 Å². The predicted octanol–water partition coefficient (Wildman–Crippen LogP) is 1.01. The number of nitrogens with zero attached hydrogens (tertiary/aromatic N) is 1. The summed E-state index contributed by atoms with van der Waals surface area (Å²) in [6.07, 6.45) is 0.558. The minimum atomic E-state index is -3.52. The molecule has 0 fully saturated rings. The van der Waals surface area contributed by atoms with E-state index in [0.29, 0.717) is 18.5 Å². The van der Waals surface area contributed by atoms with Crippen LogP contribution in [0.4, 0.5) is 0 Å². The van der Waals surface area contributed by atoms with Gasteiger partial charge in [0.05, 0.1) is 16.1 Å². The van der Waals surface area contributed by atoms with Gasteiger partial charge in [0.15, 0.2) is 0 Å². The number of hydrogen-bond acceptors (Lipinski definition) is 5. The van der Waals surface area contributed by atoms with E-state index in [1.165, 1.54) is 23.5 Å². The zero-order valence-electron chi connectivity index (χ0n) is 11.1. The number of thiazole rings is 1. The number of rotatable bonds is 5. The lowest BCUT2D eigenvalue weighted by molar-refractivity contribution is 0.350. The van der Waals surface area contributed by atoms with Crippen LogP contribution in [-0.2, 0) is 16.4 Å². The van der Waals surface area contributed by atoms with Gasteiger partial charge in [0, 0.05) is 23.9 Å². The molecule has 21 heavy (non-hydrogen) atoms. The van der Waals surface area contributed by atoms with E-state index < -0.39 is 10.0 Å². The molecule has 1 aromatic heterocycles. The van der Waals surface area contributed by atoms with E-state index in [9.17, 15) is 8.42 Å². The molecular weight excluding hydrogens is 308 g/mol.